The summed E-state index contributed by atoms with van der Waals surface area (Å²) in [7, 11) is 0. The van der Waals surface area contributed by atoms with Crippen molar-refractivity contribution < 1.29 is 68.1 Å². The molecule has 2 heterocycles. The van der Waals surface area contributed by atoms with Gasteiger partial charge >= 0.3 is 0 Å². The van der Waals surface area contributed by atoms with Crippen LogP contribution >= 0.6 is 0 Å². The van der Waals surface area contributed by atoms with Gasteiger partial charge in [0.2, 0.25) is 59.1 Å². The van der Waals surface area contributed by atoms with E-state index in [0.29, 0.717) is 31.2 Å². The zero-order chi connectivity index (χ0) is 64.9. The number of carbonyl (C=O) groups excluding carboxylic acids is 11. The van der Waals surface area contributed by atoms with Gasteiger partial charge in [0.1, 0.15) is 54.0 Å². The number of hydrogen-bond donors (Lipinski definition) is 13. The number of nitrogens with zero attached hydrogens (tertiary/aromatic N) is 1. The number of benzene rings is 1. The molecule has 13 N–H and O–H groups in total. The number of fused-ring (bicyclic) bond motifs is 1. The normalized spacial score (nSPS) is 26.6. The Bertz CT molecular complexity index is 2480. The third-order valence-corrected chi connectivity index (χ3v) is 15.8. The molecule has 0 bridgehead atoms. The highest BCUT2D eigenvalue weighted by molar-refractivity contribution is 6.02. The highest BCUT2D eigenvalue weighted by Crippen LogP contribution is 2.22. The van der Waals surface area contributed by atoms with Crippen LogP contribution < -0.4 is 53.2 Å². The minimum Gasteiger partial charge on any atom is -0.396 e. The number of amides is 11. The molecule has 25 nitrogen and oxygen atoms in total. The number of allylic oxidation sites excluding steroid dienone is 1. The van der Waals surface area contributed by atoms with Gasteiger partial charge in [0.25, 0.3) is 5.91 Å². The van der Waals surface area contributed by atoms with Gasteiger partial charge in [-0.15, -0.1) is 0 Å². The Morgan fingerprint density at radius 1 is 0.552 bits per heavy atom. The van der Waals surface area contributed by atoms with Crippen molar-refractivity contribution in [2.24, 2.45) is 23.7 Å². The highest BCUT2D eigenvalue weighted by atomic mass is 16.3. The summed E-state index contributed by atoms with van der Waals surface area (Å²) in [6.45, 7) is 15.8. The molecule has 12 atom stereocenters. The second kappa shape index (κ2) is 38.3. The molecule has 1 aromatic rings. The van der Waals surface area contributed by atoms with Gasteiger partial charge in [0, 0.05) is 45.1 Å². The Morgan fingerprint density at radius 3 is 1.62 bits per heavy atom. The fourth-order valence-corrected chi connectivity index (χ4v) is 10.4. The van der Waals surface area contributed by atoms with E-state index in [-0.39, 0.29) is 69.0 Å². The molecule has 0 saturated carbocycles. The third kappa shape index (κ3) is 25.0. The van der Waals surface area contributed by atoms with Gasteiger partial charge in [-0.05, 0) is 68.3 Å². The van der Waals surface area contributed by atoms with Crippen molar-refractivity contribution in [2.45, 2.75) is 226 Å². The van der Waals surface area contributed by atoms with Crippen LogP contribution in [-0.4, -0.2) is 172 Å². The number of carbonyl (C=O) groups is 11. The first-order valence-corrected chi connectivity index (χ1v) is 31.2. The maximum Gasteiger partial charge on any atom is 0.270 e. The van der Waals surface area contributed by atoms with Gasteiger partial charge in [-0.25, -0.2) is 0 Å². The van der Waals surface area contributed by atoms with Crippen LogP contribution in [0.1, 0.15) is 165 Å². The molecule has 12 unspecified atom stereocenters. The molecule has 0 aliphatic carbocycles. The molecule has 25 heteroatoms. The molecule has 2 aliphatic rings. The van der Waals surface area contributed by atoms with E-state index in [1.54, 1.807) is 44.2 Å². The minimum atomic E-state index is -1.52. The van der Waals surface area contributed by atoms with Crippen LogP contribution in [0.25, 0.3) is 0 Å². The van der Waals surface area contributed by atoms with Crippen LogP contribution in [0.3, 0.4) is 0 Å². The van der Waals surface area contributed by atoms with Gasteiger partial charge in [-0.2, -0.15) is 0 Å². The first-order chi connectivity index (χ1) is 41.3. The predicted octanol–water partition coefficient (Wildman–Crippen LogP) is 0.919. The Balaban J connectivity index is 2.18. The minimum absolute atomic E-state index is 0.0705. The molecule has 488 valence electrons. The average molecular weight is 1220 g/mol. The number of hydrogen-bond acceptors (Lipinski definition) is 14. The summed E-state index contributed by atoms with van der Waals surface area (Å²) in [5.74, 6) is -10.0. The SMILES string of the molecule is CC=C1NC(=O)C(CCO)NC(=O)CC(CCCCCCC)NC(=O)CNC(=O)C(CC(C)C)NC(=O)C(C(C)CC)NC(=O)C(C(C)CC)NC(=O)C(CC(C)C)NC(=O)C(Cc2ccccc2)NC(=O)C(CCO)NC(=O)C2CC(O)CN2C1=O. The molecule has 2 saturated heterocycles. The van der Waals surface area contributed by atoms with Crippen molar-refractivity contribution in [1.82, 2.24) is 58.1 Å². The molecular formula is C62H101N11O14. The monoisotopic (exact) mass is 1220 g/mol. The molecule has 0 radical (unpaired) electrons. The van der Waals surface area contributed by atoms with Crippen molar-refractivity contribution >= 4 is 65.0 Å². The average Bonchev–Trinajstić information content (AvgIpc) is 2.97. The standard InChI is InChI=1S/C62H101N11O14/c1-11-15-16-17-21-24-41-32-50(77)65-44(25-27-74)55(80)66-43(14-4)62(87)73-35-42(76)33-49(73)59(84)67-45(26-28-75)56(81)69-48(31-40-22-19-18-20-23-40)57(82)68-47(30-37(7)8)58(83)71-53(39(10)13-3)61(86)72-52(38(9)12-2)60(85)70-46(29-36(5)6)54(79)63-34-51(78)64-41/h14,18-20,22-23,36-39,41-42,44-49,52-53,74-76H,11-13,15-17,21,24-35H2,1-10H3,(H,63,79)(H,64,78)(H,65,77)(H,66,80)(H,67,84)(H,68,82)(H,69,81)(H,70,85)(H,71,83)(H,72,86). The Labute approximate surface area is 513 Å². The van der Waals surface area contributed by atoms with Crippen molar-refractivity contribution in [2.75, 3.05) is 26.3 Å². The molecule has 87 heavy (non-hydrogen) atoms. The Morgan fingerprint density at radius 2 is 1.06 bits per heavy atom. The second-order valence-corrected chi connectivity index (χ2v) is 24.0. The Kier molecular flexibility index (Phi) is 32.7. The van der Waals surface area contributed by atoms with E-state index in [4.69, 9.17) is 0 Å². The Hall–Kier alpha value is -6.99. The summed E-state index contributed by atoms with van der Waals surface area (Å²) in [4.78, 5) is 157. The molecule has 0 aromatic heterocycles. The summed E-state index contributed by atoms with van der Waals surface area (Å²) < 4.78 is 0. The smallest absolute Gasteiger partial charge is 0.270 e. The molecule has 11 amide bonds. The summed E-state index contributed by atoms with van der Waals surface area (Å²) >= 11 is 0. The fraction of sp³-hybridized carbons (Fsp3) is 0.694. The summed E-state index contributed by atoms with van der Waals surface area (Å²) in [5.41, 5.74) is 0.244. The van der Waals surface area contributed by atoms with Gasteiger partial charge < -0.3 is 73.4 Å². The number of rotatable bonds is 20. The first-order valence-electron chi connectivity index (χ1n) is 31.2. The van der Waals surface area contributed by atoms with Crippen LogP contribution in [0.2, 0.25) is 0 Å². The largest absolute Gasteiger partial charge is 0.396 e. The van der Waals surface area contributed by atoms with Crippen LogP contribution in [-0.2, 0) is 59.2 Å². The number of aliphatic hydroxyl groups is 3. The molecule has 2 fully saturated rings. The van der Waals surface area contributed by atoms with E-state index in [1.807, 2.05) is 41.5 Å². The molecule has 3 rings (SSSR count). The fourth-order valence-electron chi connectivity index (χ4n) is 10.4. The summed E-state index contributed by atoms with van der Waals surface area (Å²) in [6, 6.07) is -2.83. The zero-order valence-electron chi connectivity index (χ0n) is 52.8. The van der Waals surface area contributed by atoms with Gasteiger partial charge in [0.15, 0.2) is 0 Å². The lowest BCUT2D eigenvalue weighted by molar-refractivity contribution is -0.139. The maximum absolute atomic E-state index is 14.6. The summed E-state index contributed by atoms with van der Waals surface area (Å²) in [6.07, 6.45) is 4.20. The number of aliphatic hydroxyl groups excluding tert-OH is 3. The van der Waals surface area contributed by atoms with E-state index < -0.39 is 157 Å². The number of unbranched alkanes of at least 4 members (excludes halogenated alkanes) is 4. The van der Waals surface area contributed by atoms with E-state index in [0.717, 1.165) is 30.6 Å². The van der Waals surface area contributed by atoms with Crippen LogP contribution in [0.15, 0.2) is 42.1 Å². The lowest BCUT2D eigenvalue weighted by Crippen LogP contribution is -2.62. The summed E-state index contributed by atoms with van der Waals surface area (Å²) in [5, 5.41) is 58.1. The second-order valence-electron chi connectivity index (χ2n) is 24.0. The maximum atomic E-state index is 14.6. The van der Waals surface area contributed by atoms with E-state index >= 15 is 0 Å². The van der Waals surface area contributed by atoms with Crippen molar-refractivity contribution in [3.63, 3.8) is 0 Å². The molecule has 0 spiro atoms. The quantitative estimate of drug-likeness (QED) is 0.0638. The van der Waals surface area contributed by atoms with Crippen LogP contribution in [0.5, 0.6) is 0 Å². The van der Waals surface area contributed by atoms with Gasteiger partial charge in [0.05, 0.1) is 12.6 Å². The van der Waals surface area contributed by atoms with Crippen LogP contribution in [0.4, 0.5) is 0 Å². The highest BCUT2D eigenvalue weighted by Gasteiger charge is 2.43. The van der Waals surface area contributed by atoms with Crippen molar-refractivity contribution in [3.05, 3.63) is 47.7 Å². The topological polar surface area (TPSA) is 372 Å². The van der Waals surface area contributed by atoms with Crippen molar-refractivity contribution in [1.29, 1.82) is 0 Å². The van der Waals surface area contributed by atoms with E-state index in [9.17, 15) is 68.1 Å². The first kappa shape index (κ1) is 74.3. The lowest BCUT2D eigenvalue weighted by Gasteiger charge is -2.31. The van der Waals surface area contributed by atoms with Crippen molar-refractivity contribution in [3.8, 4) is 0 Å². The molecular weight excluding hydrogens is 1120 g/mol. The molecule has 1 aromatic carbocycles. The lowest BCUT2D eigenvalue weighted by atomic mass is 9.93. The van der Waals surface area contributed by atoms with Crippen LogP contribution in [0, 0.1) is 23.7 Å². The van der Waals surface area contributed by atoms with E-state index in [1.165, 1.54) is 13.0 Å². The van der Waals surface area contributed by atoms with Gasteiger partial charge in [-0.1, -0.05) is 144 Å². The molecule has 2 aliphatic heterocycles. The third-order valence-electron chi connectivity index (χ3n) is 15.8. The number of nitrogens with one attached hydrogen (secondary N) is 10. The zero-order valence-corrected chi connectivity index (χ0v) is 52.8. The predicted molar refractivity (Wildman–Crippen MR) is 326 cm³/mol. The van der Waals surface area contributed by atoms with E-state index in [2.05, 4.69) is 60.1 Å². The van der Waals surface area contributed by atoms with Gasteiger partial charge in [-0.3, -0.25) is 52.7 Å².